The molecule has 0 spiro atoms. The third-order valence-electron chi connectivity index (χ3n) is 6.09. The predicted octanol–water partition coefficient (Wildman–Crippen LogP) is 3.39. The van der Waals surface area contributed by atoms with Crippen LogP contribution in [0.5, 0.6) is 0 Å². The summed E-state index contributed by atoms with van der Waals surface area (Å²) in [4.78, 5) is 53.9. The molecule has 4 rings (SSSR count). The number of rotatable bonds is 8. The molecule has 0 bridgehead atoms. The summed E-state index contributed by atoms with van der Waals surface area (Å²) in [6.07, 6.45) is 0.611. The van der Waals surface area contributed by atoms with Crippen LogP contribution in [0.25, 0.3) is 11.0 Å². The fourth-order valence-corrected chi connectivity index (χ4v) is 4.11. The Morgan fingerprint density at radius 2 is 1.83 bits per heavy atom. The van der Waals surface area contributed by atoms with Gasteiger partial charge in [0.1, 0.15) is 17.9 Å². The number of urea groups is 1. The number of amides is 5. The lowest BCUT2D eigenvalue weighted by Gasteiger charge is -2.24. The Balaban J connectivity index is 1.46. The standard InChI is InChI=1S/C26H28N4O5/c1-4-13-29(15-22(31)27-19-11-7-5-9-17(19)2)23(32)16-30-24(33)26(3,28-25(30)34)21-14-18-10-6-8-12-20(18)35-21/h5-12,14H,4,13,15-16H2,1-3H3,(H,27,31)(H,28,34). The SMILES string of the molecule is CCCN(CC(=O)Nc1ccccc1C)C(=O)CN1C(=O)NC(C)(c2cc3ccccc3o2)C1=O. The Morgan fingerprint density at radius 3 is 2.54 bits per heavy atom. The molecule has 3 aromatic rings. The van der Waals surface area contributed by atoms with Crippen molar-refractivity contribution in [3.63, 3.8) is 0 Å². The summed E-state index contributed by atoms with van der Waals surface area (Å²) in [5.74, 6) is -1.15. The number of carbonyl (C=O) groups is 4. The second-order valence-electron chi connectivity index (χ2n) is 8.77. The molecule has 1 saturated heterocycles. The molecule has 5 amide bonds. The van der Waals surface area contributed by atoms with Gasteiger partial charge in [-0.15, -0.1) is 0 Å². The molecule has 0 radical (unpaired) electrons. The Bertz CT molecular complexity index is 1270. The molecule has 2 heterocycles. The second kappa shape index (κ2) is 9.61. The van der Waals surface area contributed by atoms with E-state index in [4.69, 9.17) is 4.42 Å². The van der Waals surface area contributed by atoms with Gasteiger partial charge in [0.25, 0.3) is 5.91 Å². The summed E-state index contributed by atoms with van der Waals surface area (Å²) < 4.78 is 5.82. The molecule has 1 unspecified atom stereocenters. The lowest BCUT2D eigenvalue weighted by molar-refractivity contribution is -0.140. The molecule has 0 saturated carbocycles. The number of fused-ring (bicyclic) bond motifs is 1. The Morgan fingerprint density at radius 1 is 1.11 bits per heavy atom. The number of anilines is 1. The maximum atomic E-state index is 13.3. The first-order valence-electron chi connectivity index (χ1n) is 11.5. The Kier molecular flexibility index (Phi) is 6.59. The van der Waals surface area contributed by atoms with E-state index in [1.54, 1.807) is 25.1 Å². The van der Waals surface area contributed by atoms with E-state index >= 15 is 0 Å². The van der Waals surface area contributed by atoms with Crippen LogP contribution in [-0.4, -0.2) is 53.2 Å². The number of furan rings is 1. The molecule has 1 aliphatic heterocycles. The van der Waals surface area contributed by atoms with Crippen LogP contribution >= 0.6 is 0 Å². The highest BCUT2D eigenvalue weighted by Crippen LogP contribution is 2.33. The van der Waals surface area contributed by atoms with Crippen molar-refractivity contribution in [3.8, 4) is 0 Å². The summed E-state index contributed by atoms with van der Waals surface area (Å²) in [7, 11) is 0. The van der Waals surface area contributed by atoms with Gasteiger partial charge in [0.05, 0.1) is 6.54 Å². The number of imide groups is 1. The number of hydrogen-bond donors (Lipinski definition) is 2. The van der Waals surface area contributed by atoms with Crippen LogP contribution in [0, 0.1) is 6.92 Å². The molecule has 182 valence electrons. The first-order valence-corrected chi connectivity index (χ1v) is 11.5. The third kappa shape index (κ3) is 4.75. The minimum Gasteiger partial charge on any atom is -0.458 e. The summed E-state index contributed by atoms with van der Waals surface area (Å²) in [5, 5.41) is 6.26. The van der Waals surface area contributed by atoms with Gasteiger partial charge in [0, 0.05) is 17.6 Å². The van der Waals surface area contributed by atoms with Crippen LogP contribution in [0.4, 0.5) is 10.5 Å². The third-order valence-corrected chi connectivity index (χ3v) is 6.09. The van der Waals surface area contributed by atoms with Crippen LogP contribution in [-0.2, 0) is 19.9 Å². The number of para-hydroxylation sites is 2. The van der Waals surface area contributed by atoms with Crippen molar-refractivity contribution in [2.24, 2.45) is 0 Å². The van der Waals surface area contributed by atoms with E-state index < -0.39 is 29.9 Å². The minimum atomic E-state index is -1.44. The van der Waals surface area contributed by atoms with E-state index in [2.05, 4.69) is 10.6 Å². The largest absolute Gasteiger partial charge is 0.458 e. The van der Waals surface area contributed by atoms with Gasteiger partial charge in [0.15, 0.2) is 5.54 Å². The highest BCUT2D eigenvalue weighted by Gasteiger charge is 2.52. The van der Waals surface area contributed by atoms with Crippen LogP contribution in [0.15, 0.2) is 59.0 Å². The average molecular weight is 477 g/mol. The molecule has 0 aliphatic carbocycles. The maximum Gasteiger partial charge on any atom is 0.325 e. The molecular weight excluding hydrogens is 448 g/mol. The maximum absolute atomic E-state index is 13.3. The summed E-state index contributed by atoms with van der Waals surface area (Å²) in [6, 6.07) is 15.6. The van der Waals surface area contributed by atoms with Gasteiger partial charge in [-0.05, 0) is 44.0 Å². The normalized spacial score (nSPS) is 17.5. The number of hydrogen-bond acceptors (Lipinski definition) is 5. The number of aryl methyl sites for hydroxylation is 1. The molecule has 2 N–H and O–H groups in total. The molecule has 35 heavy (non-hydrogen) atoms. The molecule has 9 nitrogen and oxygen atoms in total. The van der Waals surface area contributed by atoms with E-state index in [1.165, 1.54) is 4.90 Å². The van der Waals surface area contributed by atoms with Crippen molar-refractivity contribution in [1.29, 1.82) is 0 Å². The van der Waals surface area contributed by atoms with E-state index in [1.807, 2.05) is 50.2 Å². The van der Waals surface area contributed by atoms with Crippen molar-refractivity contribution >= 4 is 40.4 Å². The summed E-state index contributed by atoms with van der Waals surface area (Å²) in [6.45, 7) is 4.95. The van der Waals surface area contributed by atoms with Crippen LogP contribution in [0.3, 0.4) is 0 Å². The summed E-state index contributed by atoms with van der Waals surface area (Å²) in [5.41, 5.74) is 0.721. The highest BCUT2D eigenvalue weighted by molar-refractivity contribution is 6.09. The molecule has 1 fully saturated rings. The summed E-state index contributed by atoms with van der Waals surface area (Å²) >= 11 is 0. The van der Waals surface area contributed by atoms with E-state index in [9.17, 15) is 19.2 Å². The first-order chi connectivity index (χ1) is 16.7. The fourth-order valence-electron chi connectivity index (χ4n) is 4.11. The molecule has 2 aromatic carbocycles. The van der Waals surface area contributed by atoms with E-state index in [0.29, 0.717) is 24.2 Å². The average Bonchev–Trinajstić information content (AvgIpc) is 3.36. The van der Waals surface area contributed by atoms with Crippen LogP contribution in [0.2, 0.25) is 0 Å². The number of nitrogens with one attached hydrogen (secondary N) is 2. The van der Waals surface area contributed by atoms with Gasteiger partial charge in [-0.1, -0.05) is 43.3 Å². The monoisotopic (exact) mass is 476 g/mol. The second-order valence-corrected chi connectivity index (χ2v) is 8.77. The highest BCUT2D eigenvalue weighted by atomic mass is 16.3. The molecular formula is C26H28N4O5. The fraction of sp³-hybridized carbons (Fsp3) is 0.308. The van der Waals surface area contributed by atoms with Crippen molar-refractivity contribution < 1.29 is 23.6 Å². The van der Waals surface area contributed by atoms with E-state index in [-0.39, 0.29) is 18.2 Å². The van der Waals surface area contributed by atoms with Gasteiger partial charge in [0.2, 0.25) is 11.8 Å². The van der Waals surface area contributed by atoms with Gasteiger partial charge in [-0.2, -0.15) is 0 Å². The van der Waals surface area contributed by atoms with Crippen LogP contribution < -0.4 is 10.6 Å². The smallest absolute Gasteiger partial charge is 0.325 e. The van der Waals surface area contributed by atoms with Crippen molar-refractivity contribution in [1.82, 2.24) is 15.1 Å². The van der Waals surface area contributed by atoms with Crippen LogP contribution in [0.1, 0.15) is 31.6 Å². The Hall–Kier alpha value is -4.14. The molecule has 1 aliphatic rings. The number of benzene rings is 2. The zero-order chi connectivity index (χ0) is 25.2. The van der Waals surface area contributed by atoms with Crippen molar-refractivity contribution in [3.05, 3.63) is 65.9 Å². The first kappa shape index (κ1) is 24.0. The zero-order valence-corrected chi connectivity index (χ0v) is 20.0. The lowest BCUT2D eigenvalue weighted by Crippen LogP contribution is -2.46. The Labute approximate surface area is 203 Å². The van der Waals surface area contributed by atoms with Gasteiger partial charge in [-0.25, -0.2) is 4.79 Å². The number of nitrogens with zero attached hydrogens (tertiary/aromatic N) is 2. The minimum absolute atomic E-state index is 0.189. The van der Waals surface area contributed by atoms with Gasteiger partial charge >= 0.3 is 6.03 Å². The molecule has 9 heteroatoms. The molecule has 1 aromatic heterocycles. The van der Waals surface area contributed by atoms with Crippen molar-refractivity contribution in [2.45, 2.75) is 32.7 Å². The van der Waals surface area contributed by atoms with E-state index in [0.717, 1.165) is 15.8 Å². The van der Waals surface area contributed by atoms with Gasteiger partial charge < -0.3 is 20.0 Å². The zero-order valence-electron chi connectivity index (χ0n) is 20.0. The lowest BCUT2D eigenvalue weighted by atomic mass is 9.99. The van der Waals surface area contributed by atoms with Gasteiger partial charge in [-0.3, -0.25) is 19.3 Å². The predicted molar refractivity (Wildman–Crippen MR) is 130 cm³/mol. The topological polar surface area (TPSA) is 112 Å². The quantitative estimate of drug-likeness (QED) is 0.484. The van der Waals surface area contributed by atoms with Crippen molar-refractivity contribution in [2.75, 3.05) is 25.0 Å². The number of carbonyl (C=O) groups excluding carboxylic acids is 4. The molecule has 1 atom stereocenters.